The van der Waals surface area contributed by atoms with Crippen LogP contribution in [0.15, 0.2) is 24.3 Å². The van der Waals surface area contributed by atoms with Crippen molar-refractivity contribution in [1.82, 2.24) is 5.32 Å². The molecule has 0 saturated heterocycles. The molecule has 0 bridgehead atoms. The quantitative estimate of drug-likeness (QED) is 0.749. The summed E-state index contributed by atoms with van der Waals surface area (Å²) in [6.07, 6.45) is 0.715. The van der Waals surface area contributed by atoms with Gasteiger partial charge in [0.2, 0.25) is 0 Å². The minimum absolute atomic E-state index is 0.205. The smallest absolute Gasteiger partial charge is 0.331 e. The zero-order valence-electron chi connectivity index (χ0n) is 11.2. The van der Waals surface area contributed by atoms with Gasteiger partial charge >= 0.3 is 5.97 Å². The number of benzene rings is 1. The number of esters is 1. The molecule has 5 heteroatoms. The summed E-state index contributed by atoms with van der Waals surface area (Å²) in [6, 6.07) is 6.12. The van der Waals surface area contributed by atoms with Crippen LogP contribution in [0, 0.1) is 0 Å². The average molecular weight is 265 g/mol. The molecule has 0 unspecified atom stereocenters. The molecule has 0 saturated carbocycles. The molecule has 0 aromatic heterocycles. The molecule has 19 heavy (non-hydrogen) atoms. The molecule has 1 aromatic rings. The lowest BCUT2D eigenvalue weighted by Gasteiger charge is -2.16. The first-order valence-electron chi connectivity index (χ1n) is 6.30. The lowest BCUT2D eigenvalue weighted by molar-refractivity contribution is -0.146. The lowest BCUT2D eigenvalue weighted by atomic mass is 10.0. The van der Waals surface area contributed by atoms with Gasteiger partial charge in [0.05, 0.1) is 13.2 Å². The number of carbonyl (C=O) groups is 2. The van der Waals surface area contributed by atoms with Gasteiger partial charge in [0.25, 0.3) is 5.91 Å². The molecule has 5 nitrogen and oxygen atoms in total. The van der Waals surface area contributed by atoms with Gasteiger partial charge in [-0.2, -0.15) is 0 Å². The topological polar surface area (TPSA) is 75.6 Å². The van der Waals surface area contributed by atoms with Crippen molar-refractivity contribution in [3.05, 3.63) is 35.4 Å². The monoisotopic (exact) mass is 265 g/mol. The fourth-order valence-corrected chi connectivity index (χ4v) is 1.71. The molecular formula is C14H19NO4. The summed E-state index contributed by atoms with van der Waals surface area (Å²) in [7, 11) is 0. The Bertz CT molecular complexity index is 445. The summed E-state index contributed by atoms with van der Waals surface area (Å²) in [5.41, 5.74) is 1.40. The highest BCUT2D eigenvalue weighted by molar-refractivity contribution is 5.98. The van der Waals surface area contributed by atoms with E-state index in [0.29, 0.717) is 12.0 Å². The Hall–Kier alpha value is -1.88. The number of hydrogen-bond donors (Lipinski definition) is 2. The van der Waals surface area contributed by atoms with E-state index in [1.807, 2.05) is 19.1 Å². The first kappa shape index (κ1) is 15.2. The second-order valence-corrected chi connectivity index (χ2v) is 3.97. The summed E-state index contributed by atoms with van der Waals surface area (Å²) in [5, 5.41) is 11.6. The summed E-state index contributed by atoms with van der Waals surface area (Å²) in [6.45, 7) is 3.33. The molecule has 0 spiro atoms. The van der Waals surface area contributed by atoms with Crippen LogP contribution in [0.5, 0.6) is 0 Å². The van der Waals surface area contributed by atoms with Crippen LogP contribution in [0.4, 0.5) is 0 Å². The second-order valence-electron chi connectivity index (χ2n) is 3.97. The fourth-order valence-electron chi connectivity index (χ4n) is 1.71. The number of carbonyl (C=O) groups excluding carboxylic acids is 2. The van der Waals surface area contributed by atoms with Crippen LogP contribution in [0.1, 0.15) is 29.8 Å². The molecule has 0 heterocycles. The first-order valence-corrected chi connectivity index (χ1v) is 6.30. The lowest BCUT2D eigenvalue weighted by Crippen LogP contribution is -2.44. The molecule has 0 radical (unpaired) electrons. The van der Waals surface area contributed by atoms with Gasteiger partial charge < -0.3 is 15.2 Å². The number of aryl methyl sites for hydroxylation is 1. The zero-order valence-corrected chi connectivity index (χ0v) is 11.2. The Labute approximate surface area is 112 Å². The highest BCUT2D eigenvalue weighted by atomic mass is 16.5. The summed E-state index contributed by atoms with van der Waals surface area (Å²) in [4.78, 5) is 23.6. The van der Waals surface area contributed by atoms with Crippen LogP contribution in [0.2, 0.25) is 0 Å². The fraction of sp³-hybridized carbons (Fsp3) is 0.429. The SMILES string of the molecule is CCOC(=O)[C@H](CO)NC(=O)c1ccccc1CC. The number of hydrogen-bond acceptors (Lipinski definition) is 4. The van der Waals surface area contributed by atoms with E-state index in [1.54, 1.807) is 19.1 Å². The van der Waals surface area contributed by atoms with Crippen molar-refractivity contribution in [2.45, 2.75) is 26.3 Å². The van der Waals surface area contributed by atoms with E-state index in [-0.39, 0.29) is 12.5 Å². The van der Waals surface area contributed by atoms with E-state index >= 15 is 0 Å². The Morgan fingerprint density at radius 2 is 2.00 bits per heavy atom. The number of aliphatic hydroxyl groups excluding tert-OH is 1. The third kappa shape index (κ3) is 4.06. The van der Waals surface area contributed by atoms with Gasteiger partial charge in [-0.3, -0.25) is 4.79 Å². The largest absolute Gasteiger partial charge is 0.464 e. The van der Waals surface area contributed by atoms with Gasteiger partial charge in [-0.1, -0.05) is 25.1 Å². The standard InChI is InChI=1S/C14H19NO4/c1-3-10-7-5-6-8-11(10)13(17)15-12(9-16)14(18)19-4-2/h5-8,12,16H,3-4,9H2,1-2H3,(H,15,17)/t12-/m0/s1. The zero-order chi connectivity index (χ0) is 14.3. The van der Waals surface area contributed by atoms with Gasteiger partial charge in [-0.25, -0.2) is 4.79 Å². The molecule has 2 N–H and O–H groups in total. The van der Waals surface area contributed by atoms with Crippen LogP contribution in [0.25, 0.3) is 0 Å². The van der Waals surface area contributed by atoms with Crippen LogP contribution in [-0.2, 0) is 16.0 Å². The number of rotatable bonds is 6. The van der Waals surface area contributed by atoms with E-state index in [0.717, 1.165) is 5.56 Å². The maximum Gasteiger partial charge on any atom is 0.331 e. The van der Waals surface area contributed by atoms with Crippen LogP contribution >= 0.6 is 0 Å². The van der Waals surface area contributed by atoms with Gasteiger partial charge in [0, 0.05) is 5.56 Å². The number of ether oxygens (including phenoxy) is 1. The molecule has 1 atom stereocenters. The summed E-state index contributed by atoms with van der Waals surface area (Å²) in [5.74, 6) is -1.02. The minimum Gasteiger partial charge on any atom is -0.464 e. The Morgan fingerprint density at radius 3 is 2.58 bits per heavy atom. The van der Waals surface area contributed by atoms with E-state index in [9.17, 15) is 9.59 Å². The highest BCUT2D eigenvalue weighted by Gasteiger charge is 2.22. The Kier molecular flexibility index (Phi) is 6.02. The molecule has 104 valence electrons. The molecule has 0 aliphatic carbocycles. The third-order valence-electron chi connectivity index (χ3n) is 2.70. The molecule has 1 amide bonds. The van der Waals surface area contributed by atoms with Crippen molar-refractivity contribution in [3.8, 4) is 0 Å². The normalized spacial score (nSPS) is 11.7. The Balaban J connectivity index is 2.80. The second kappa shape index (κ2) is 7.53. The summed E-state index contributed by atoms with van der Waals surface area (Å²) < 4.78 is 4.77. The van der Waals surface area contributed by atoms with Gasteiger partial charge in [-0.05, 0) is 25.0 Å². The van der Waals surface area contributed by atoms with Crippen molar-refractivity contribution >= 4 is 11.9 Å². The molecule has 0 aliphatic rings. The molecule has 1 aromatic carbocycles. The first-order chi connectivity index (χ1) is 9.13. The van der Waals surface area contributed by atoms with E-state index in [2.05, 4.69) is 5.32 Å². The molecule has 0 fully saturated rings. The van der Waals surface area contributed by atoms with E-state index in [1.165, 1.54) is 0 Å². The Morgan fingerprint density at radius 1 is 1.32 bits per heavy atom. The van der Waals surface area contributed by atoms with Crippen molar-refractivity contribution in [2.75, 3.05) is 13.2 Å². The van der Waals surface area contributed by atoms with Gasteiger partial charge in [0.1, 0.15) is 0 Å². The van der Waals surface area contributed by atoms with Gasteiger partial charge in [0.15, 0.2) is 6.04 Å². The van der Waals surface area contributed by atoms with Crippen LogP contribution in [-0.4, -0.2) is 36.2 Å². The van der Waals surface area contributed by atoms with Crippen molar-refractivity contribution in [2.24, 2.45) is 0 Å². The van der Waals surface area contributed by atoms with Crippen molar-refractivity contribution < 1.29 is 19.4 Å². The molecule has 1 rings (SSSR count). The molecule has 0 aliphatic heterocycles. The van der Waals surface area contributed by atoms with Crippen molar-refractivity contribution in [3.63, 3.8) is 0 Å². The number of amides is 1. The van der Waals surface area contributed by atoms with E-state index in [4.69, 9.17) is 9.84 Å². The van der Waals surface area contributed by atoms with E-state index < -0.39 is 18.6 Å². The maximum atomic E-state index is 12.1. The van der Waals surface area contributed by atoms with Crippen molar-refractivity contribution in [1.29, 1.82) is 0 Å². The average Bonchev–Trinajstić information content (AvgIpc) is 2.44. The minimum atomic E-state index is -1.03. The predicted molar refractivity (Wildman–Crippen MR) is 70.8 cm³/mol. The number of aliphatic hydroxyl groups is 1. The number of nitrogens with one attached hydrogen (secondary N) is 1. The predicted octanol–water partition coefficient (Wildman–Crippen LogP) is 0.903. The molecular weight excluding hydrogens is 246 g/mol. The van der Waals surface area contributed by atoms with Gasteiger partial charge in [-0.15, -0.1) is 0 Å². The maximum absolute atomic E-state index is 12.1. The summed E-state index contributed by atoms with van der Waals surface area (Å²) >= 11 is 0. The highest BCUT2D eigenvalue weighted by Crippen LogP contribution is 2.09. The van der Waals surface area contributed by atoms with Crippen LogP contribution < -0.4 is 5.32 Å². The third-order valence-corrected chi connectivity index (χ3v) is 2.70. The van der Waals surface area contributed by atoms with Crippen LogP contribution in [0.3, 0.4) is 0 Å².